The van der Waals surface area contributed by atoms with Gasteiger partial charge in [-0.25, -0.2) is 0 Å². The Bertz CT molecular complexity index is 559. The van der Waals surface area contributed by atoms with Crippen molar-refractivity contribution < 1.29 is 14.6 Å². The minimum atomic E-state index is -0.431. The molecule has 1 saturated heterocycles. The van der Waals surface area contributed by atoms with Gasteiger partial charge in [0.05, 0.1) is 12.2 Å². The van der Waals surface area contributed by atoms with Crippen LogP contribution in [0.3, 0.4) is 0 Å². The highest BCUT2D eigenvalue weighted by molar-refractivity contribution is 5.18. The number of fused-ring (bicyclic) bond motifs is 1. The highest BCUT2D eigenvalue weighted by Crippen LogP contribution is 2.74. The van der Waals surface area contributed by atoms with Crippen LogP contribution in [0.1, 0.15) is 78.6 Å². The highest BCUT2D eigenvalue weighted by Gasteiger charge is 2.70. The van der Waals surface area contributed by atoms with Gasteiger partial charge in [-0.15, -0.1) is 0 Å². The monoisotopic (exact) mass is 348 g/mol. The largest absolute Gasteiger partial charge is 0.390 e. The Balaban J connectivity index is 1.54. The van der Waals surface area contributed by atoms with Gasteiger partial charge in [0.1, 0.15) is 0 Å². The van der Waals surface area contributed by atoms with Crippen LogP contribution in [-0.4, -0.2) is 30.2 Å². The predicted molar refractivity (Wildman–Crippen MR) is 97.0 cm³/mol. The number of aliphatic hydroxyl groups is 1. The Morgan fingerprint density at radius 2 is 1.92 bits per heavy atom. The summed E-state index contributed by atoms with van der Waals surface area (Å²) in [6.45, 7) is 8.32. The standard InChI is InChI=1S/C22H36O3/c1-4-24-18-19(2)9-5-10-22(14-25-18)16(19)8-11-21-12-15(6-7-17(21)22)20(3,23)13-21/h15-18,23H,4-14H2,1-3H3. The zero-order valence-electron chi connectivity index (χ0n) is 16.4. The number of ether oxygens (including phenoxy) is 2. The summed E-state index contributed by atoms with van der Waals surface area (Å²) >= 11 is 0. The number of hydrogen-bond donors (Lipinski definition) is 1. The van der Waals surface area contributed by atoms with Crippen LogP contribution in [0.15, 0.2) is 0 Å². The molecule has 5 aliphatic rings. The van der Waals surface area contributed by atoms with Gasteiger partial charge < -0.3 is 14.6 Å². The fraction of sp³-hybridized carbons (Fsp3) is 1.00. The molecule has 1 spiro atoms. The predicted octanol–water partition coefficient (Wildman–Crippen LogP) is 4.52. The summed E-state index contributed by atoms with van der Waals surface area (Å²) < 4.78 is 12.6. The Kier molecular flexibility index (Phi) is 3.56. The van der Waals surface area contributed by atoms with Crippen molar-refractivity contribution in [2.75, 3.05) is 13.2 Å². The van der Waals surface area contributed by atoms with Crippen LogP contribution >= 0.6 is 0 Å². The van der Waals surface area contributed by atoms with Crippen molar-refractivity contribution in [1.29, 1.82) is 0 Å². The zero-order chi connectivity index (χ0) is 17.5. The molecular weight excluding hydrogens is 312 g/mol. The molecule has 8 atom stereocenters. The van der Waals surface area contributed by atoms with Gasteiger partial charge >= 0.3 is 0 Å². The van der Waals surface area contributed by atoms with Crippen molar-refractivity contribution >= 4 is 0 Å². The minimum absolute atomic E-state index is 0.00648. The molecule has 0 radical (unpaired) electrons. The molecule has 5 fully saturated rings. The van der Waals surface area contributed by atoms with Gasteiger partial charge in [-0.2, -0.15) is 0 Å². The van der Waals surface area contributed by atoms with Gasteiger partial charge in [-0.3, -0.25) is 0 Å². The lowest BCUT2D eigenvalue weighted by Crippen LogP contribution is -2.66. The average Bonchev–Trinajstić information content (AvgIpc) is 2.74. The third-order valence-electron chi connectivity index (χ3n) is 9.62. The maximum atomic E-state index is 11.0. The number of hydrogen-bond acceptors (Lipinski definition) is 3. The second-order valence-corrected chi connectivity index (χ2v) is 10.7. The van der Waals surface area contributed by atoms with E-state index in [4.69, 9.17) is 9.47 Å². The smallest absolute Gasteiger partial charge is 0.163 e. The summed E-state index contributed by atoms with van der Waals surface area (Å²) in [6, 6.07) is 0. The van der Waals surface area contributed by atoms with Crippen LogP contribution in [-0.2, 0) is 9.47 Å². The highest BCUT2D eigenvalue weighted by atomic mass is 16.7. The van der Waals surface area contributed by atoms with E-state index in [0.29, 0.717) is 16.7 Å². The summed E-state index contributed by atoms with van der Waals surface area (Å²) in [5, 5.41) is 11.0. The molecule has 4 bridgehead atoms. The van der Waals surface area contributed by atoms with E-state index in [2.05, 4.69) is 20.8 Å². The van der Waals surface area contributed by atoms with E-state index in [1.54, 1.807) is 0 Å². The molecule has 4 saturated carbocycles. The normalized spacial score (nSPS) is 60.0. The molecule has 0 aromatic carbocycles. The molecule has 4 aliphatic carbocycles. The van der Waals surface area contributed by atoms with Gasteiger partial charge in [-0.05, 0) is 88.4 Å². The second-order valence-electron chi connectivity index (χ2n) is 10.7. The first-order valence-corrected chi connectivity index (χ1v) is 10.8. The van der Waals surface area contributed by atoms with Crippen LogP contribution in [0.5, 0.6) is 0 Å². The summed E-state index contributed by atoms with van der Waals surface area (Å²) in [4.78, 5) is 0. The molecule has 5 rings (SSSR count). The maximum Gasteiger partial charge on any atom is 0.163 e. The van der Waals surface area contributed by atoms with Crippen LogP contribution in [0.4, 0.5) is 0 Å². The molecule has 3 nitrogen and oxygen atoms in total. The van der Waals surface area contributed by atoms with Crippen molar-refractivity contribution in [3.8, 4) is 0 Å². The topological polar surface area (TPSA) is 38.7 Å². The summed E-state index contributed by atoms with van der Waals surface area (Å²) in [6.07, 6.45) is 11.4. The molecule has 1 aliphatic heterocycles. The third kappa shape index (κ3) is 2.04. The molecule has 0 aromatic rings. The molecule has 8 unspecified atom stereocenters. The van der Waals surface area contributed by atoms with E-state index in [0.717, 1.165) is 31.5 Å². The van der Waals surface area contributed by atoms with E-state index in [-0.39, 0.29) is 11.7 Å². The van der Waals surface area contributed by atoms with Crippen molar-refractivity contribution in [1.82, 2.24) is 0 Å². The SMILES string of the molecule is CCOC1OCC23CCCC1(C)C2CCC12CC(CCC13)C(C)(O)C2. The molecule has 1 N–H and O–H groups in total. The Morgan fingerprint density at radius 3 is 2.72 bits per heavy atom. The van der Waals surface area contributed by atoms with Gasteiger partial charge in [-0.1, -0.05) is 13.3 Å². The minimum Gasteiger partial charge on any atom is -0.390 e. The van der Waals surface area contributed by atoms with Gasteiger partial charge in [0, 0.05) is 17.4 Å². The molecule has 0 aromatic heterocycles. The molecule has 142 valence electrons. The second kappa shape index (κ2) is 5.23. The van der Waals surface area contributed by atoms with Crippen molar-refractivity contribution in [3.05, 3.63) is 0 Å². The third-order valence-corrected chi connectivity index (χ3v) is 9.62. The Hall–Kier alpha value is -0.120. The zero-order valence-corrected chi connectivity index (χ0v) is 16.4. The lowest BCUT2D eigenvalue weighted by Gasteiger charge is -2.68. The van der Waals surface area contributed by atoms with Crippen molar-refractivity contribution in [3.63, 3.8) is 0 Å². The van der Waals surface area contributed by atoms with Crippen LogP contribution in [0.2, 0.25) is 0 Å². The molecule has 0 amide bonds. The van der Waals surface area contributed by atoms with E-state index in [9.17, 15) is 5.11 Å². The quantitative estimate of drug-likeness (QED) is 0.797. The van der Waals surface area contributed by atoms with Crippen LogP contribution in [0, 0.1) is 34.0 Å². The first-order chi connectivity index (χ1) is 11.9. The molecule has 25 heavy (non-hydrogen) atoms. The van der Waals surface area contributed by atoms with Crippen LogP contribution < -0.4 is 0 Å². The Morgan fingerprint density at radius 1 is 1.08 bits per heavy atom. The number of rotatable bonds is 2. The van der Waals surface area contributed by atoms with Gasteiger partial charge in [0.25, 0.3) is 0 Å². The van der Waals surface area contributed by atoms with E-state index >= 15 is 0 Å². The van der Waals surface area contributed by atoms with E-state index < -0.39 is 5.60 Å². The van der Waals surface area contributed by atoms with Gasteiger partial charge in [0.15, 0.2) is 6.29 Å². The molecule has 1 heterocycles. The molecular formula is C22H36O3. The lowest BCUT2D eigenvalue weighted by atomic mass is 9.39. The fourth-order valence-corrected chi connectivity index (χ4v) is 8.89. The van der Waals surface area contributed by atoms with Gasteiger partial charge in [0.2, 0.25) is 0 Å². The lowest BCUT2D eigenvalue weighted by molar-refractivity contribution is -0.328. The van der Waals surface area contributed by atoms with Crippen LogP contribution in [0.25, 0.3) is 0 Å². The van der Waals surface area contributed by atoms with E-state index in [1.165, 1.54) is 51.4 Å². The van der Waals surface area contributed by atoms with Crippen molar-refractivity contribution in [2.24, 2.45) is 34.0 Å². The summed E-state index contributed by atoms with van der Waals surface area (Å²) in [5.41, 5.74) is 0.499. The average molecular weight is 349 g/mol. The first kappa shape index (κ1) is 17.0. The summed E-state index contributed by atoms with van der Waals surface area (Å²) in [5.74, 6) is 2.04. The fourth-order valence-electron chi connectivity index (χ4n) is 8.89. The Labute approximate surface area is 152 Å². The molecule has 3 heteroatoms. The van der Waals surface area contributed by atoms with E-state index in [1.807, 2.05) is 0 Å². The maximum absolute atomic E-state index is 11.0. The summed E-state index contributed by atoms with van der Waals surface area (Å²) in [7, 11) is 0. The first-order valence-electron chi connectivity index (χ1n) is 10.8. The van der Waals surface area contributed by atoms with Crippen molar-refractivity contribution in [2.45, 2.75) is 90.4 Å².